The van der Waals surface area contributed by atoms with Crippen molar-refractivity contribution in [1.29, 1.82) is 0 Å². The highest BCUT2D eigenvalue weighted by atomic mass is 32.2. The first-order valence-electron chi connectivity index (χ1n) is 7.65. The van der Waals surface area contributed by atoms with Gasteiger partial charge in [-0.15, -0.1) is 11.8 Å². The molecule has 1 nitrogen and oxygen atoms in total. The molecule has 1 N–H and O–H groups in total. The molecule has 3 aromatic rings. The molecule has 0 aliphatic carbocycles. The molecule has 0 radical (unpaired) electrons. The van der Waals surface area contributed by atoms with Gasteiger partial charge in [0.25, 0.3) is 0 Å². The van der Waals surface area contributed by atoms with E-state index in [9.17, 15) is 13.2 Å². The molecule has 0 unspecified atom stereocenters. The Balaban J connectivity index is 1.88. The number of rotatable bonds is 4. The highest BCUT2D eigenvalue weighted by molar-refractivity contribution is 7.98. The summed E-state index contributed by atoms with van der Waals surface area (Å²) in [6, 6.07) is 21.0. The molecule has 0 aliphatic heterocycles. The lowest BCUT2D eigenvalue weighted by atomic mass is 10.0. The molecule has 0 amide bonds. The number of thioether (sulfide) groups is 1. The van der Waals surface area contributed by atoms with Crippen molar-refractivity contribution in [2.24, 2.45) is 0 Å². The number of alkyl halides is 3. The standard InChI is InChI=1S/C20H16F3NS/c1-25-17-12-6-14(7-13-17)18-4-2-3-5-19(18)24-16-10-8-15(9-11-16)20(21,22)23/h2-13,24H,1H3. The van der Waals surface area contributed by atoms with Crippen LogP contribution >= 0.6 is 11.8 Å². The molecule has 0 saturated heterocycles. The molecule has 0 atom stereocenters. The topological polar surface area (TPSA) is 12.0 Å². The Morgan fingerprint density at radius 1 is 0.800 bits per heavy atom. The lowest BCUT2D eigenvalue weighted by molar-refractivity contribution is -0.137. The largest absolute Gasteiger partial charge is 0.416 e. The second kappa shape index (κ2) is 7.23. The van der Waals surface area contributed by atoms with Crippen LogP contribution in [0.2, 0.25) is 0 Å². The molecular weight excluding hydrogens is 343 g/mol. The normalized spacial score (nSPS) is 11.4. The zero-order chi connectivity index (χ0) is 17.9. The average Bonchev–Trinajstić information content (AvgIpc) is 2.62. The summed E-state index contributed by atoms with van der Waals surface area (Å²) >= 11 is 1.68. The third kappa shape index (κ3) is 4.17. The van der Waals surface area contributed by atoms with Crippen LogP contribution < -0.4 is 5.32 Å². The summed E-state index contributed by atoms with van der Waals surface area (Å²) in [6.07, 6.45) is -2.30. The Hall–Kier alpha value is -2.40. The Bertz CT molecular complexity index is 840. The van der Waals surface area contributed by atoms with Gasteiger partial charge < -0.3 is 5.32 Å². The van der Waals surface area contributed by atoms with Crippen LogP contribution in [-0.4, -0.2) is 6.26 Å². The molecule has 3 rings (SSSR count). The van der Waals surface area contributed by atoms with E-state index in [0.717, 1.165) is 28.9 Å². The van der Waals surface area contributed by atoms with Gasteiger partial charge >= 0.3 is 6.18 Å². The molecule has 128 valence electrons. The van der Waals surface area contributed by atoms with Crippen LogP contribution in [0.15, 0.2) is 77.7 Å². The maximum absolute atomic E-state index is 12.7. The predicted octanol–water partition coefficient (Wildman–Crippen LogP) is 6.84. The van der Waals surface area contributed by atoms with Crippen molar-refractivity contribution in [1.82, 2.24) is 0 Å². The van der Waals surface area contributed by atoms with Gasteiger partial charge in [0.1, 0.15) is 0 Å². The molecule has 0 fully saturated rings. The van der Waals surface area contributed by atoms with E-state index in [1.165, 1.54) is 17.0 Å². The lowest BCUT2D eigenvalue weighted by Gasteiger charge is -2.13. The minimum atomic E-state index is -4.32. The van der Waals surface area contributed by atoms with Crippen LogP contribution in [0.1, 0.15) is 5.56 Å². The number of hydrogen-bond acceptors (Lipinski definition) is 2. The van der Waals surface area contributed by atoms with Crippen LogP contribution in [0, 0.1) is 0 Å². The summed E-state index contributed by atoms with van der Waals surface area (Å²) in [6.45, 7) is 0. The van der Waals surface area contributed by atoms with Crippen LogP contribution in [-0.2, 0) is 6.18 Å². The fourth-order valence-electron chi connectivity index (χ4n) is 2.51. The summed E-state index contributed by atoms with van der Waals surface area (Å²) in [5.74, 6) is 0. The third-order valence-corrected chi connectivity index (χ3v) is 4.56. The molecule has 0 heterocycles. The summed E-state index contributed by atoms with van der Waals surface area (Å²) < 4.78 is 38.0. The van der Waals surface area contributed by atoms with E-state index in [4.69, 9.17) is 0 Å². The van der Waals surface area contributed by atoms with Crippen molar-refractivity contribution in [3.05, 3.63) is 78.4 Å². The van der Waals surface area contributed by atoms with Crippen LogP contribution in [0.3, 0.4) is 0 Å². The number of halogens is 3. The van der Waals surface area contributed by atoms with Crippen molar-refractivity contribution >= 4 is 23.1 Å². The maximum atomic E-state index is 12.7. The predicted molar refractivity (Wildman–Crippen MR) is 98.4 cm³/mol. The van der Waals surface area contributed by atoms with Gasteiger partial charge in [0, 0.05) is 21.8 Å². The lowest BCUT2D eigenvalue weighted by Crippen LogP contribution is -2.04. The minimum Gasteiger partial charge on any atom is -0.355 e. The fraction of sp³-hybridized carbons (Fsp3) is 0.100. The molecule has 3 aromatic carbocycles. The first-order chi connectivity index (χ1) is 12.0. The summed E-state index contributed by atoms with van der Waals surface area (Å²) in [4.78, 5) is 1.18. The monoisotopic (exact) mass is 359 g/mol. The van der Waals surface area contributed by atoms with Gasteiger partial charge in [-0.1, -0.05) is 30.3 Å². The maximum Gasteiger partial charge on any atom is 0.416 e. The number of nitrogens with one attached hydrogen (secondary N) is 1. The average molecular weight is 359 g/mol. The third-order valence-electron chi connectivity index (χ3n) is 3.82. The first kappa shape index (κ1) is 17.4. The highest BCUT2D eigenvalue weighted by Crippen LogP contribution is 2.33. The second-order valence-corrected chi connectivity index (χ2v) is 6.35. The van der Waals surface area contributed by atoms with Crippen molar-refractivity contribution in [3.63, 3.8) is 0 Å². The van der Waals surface area contributed by atoms with E-state index >= 15 is 0 Å². The smallest absolute Gasteiger partial charge is 0.355 e. The Kier molecular flexibility index (Phi) is 5.04. The summed E-state index contributed by atoms with van der Waals surface area (Å²) in [5.41, 5.74) is 2.85. The van der Waals surface area contributed by atoms with Gasteiger partial charge in [-0.25, -0.2) is 0 Å². The number of anilines is 2. The van der Waals surface area contributed by atoms with Crippen molar-refractivity contribution in [2.75, 3.05) is 11.6 Å². The van der Waals surface area contributed by atoms with Crippen LogP contribution in [0.25, 0.3) is 11.1 Å². The number of para-hydroxylation sites is 1. The van der Waals surface area contributed by atoms with Crippen molar-refractivity contribution in [2.45, 2.75) is 11.1 Å². The van der Waals surface area contributed by atoms with E-state index in [1.807, 2.05) is 42.7 Å². The zero-order valence-electron chi connectivity index (χ0n) is 13.5. The molecule has 0 aliphatic rings. The number of hydrogen-bond donors (Lipinski definition) is 1. The van der Waals surface area contributed by atoms with Crippen LogP contribution in [0.4, 0.5) is 24.5 Å². The molecule has 0 bridgehead atoms. The molecular formula is C20H16F3NS. The number of benzene rings is 3. The van der Waals surface area contributed by atoms with Crippen LogP contribution in [0.5, 0.6) is 0 Å². The molecule has 0 saturated carbocycles. The van der Waals surface area contributed by atoms with E-state index in [2.05, 4.69) is 17.4 Å². The van der Waals surface area contributed by atoms with Crippen molar-refractivity contribution in [3.8, 4) is 11.1 Å². The Labute approximate surface area is 148 Å². The first-order valence-corrected chi connectivity index (χ1v) is 8.87. The van der Waals surface area contributed by atoms with Gasteiger partial charge in [0.15, 0.2) is 0 Å². The van der Waals surface area contributed by atoms with E-state index < -0.39 is 11.7 Å². The van der Waals surface area contributed by atoms with Gasteiger partial charge in [-0.2, -0.15) is 13.2 Å². The Morgan fingerprint density at radius 3 is 2.04 bits per heavy atom. The molecule has 0 aromatic heterocycles. The SMILES string of the molecule is CSc1ccc(-c2ccccc2Nc2ccc(C(F)(F)F)cc2)cc1. The second-order valence-electron chi connectivity index (χ2n) is 5.47. The van der Waals surface area contributed by atoms with Crippen molar-refractivity contribution < 1.29 is 13.2 Å². The molecule has 0 spiro atoms. The van der Waals surface area contributed by atoms with Gasteiger partial charge in [-0.05, 0) is 54.3 Å². The molecule has 5 heteroatoms. The van der Waals surface area contributed by atoms with Gasteiger partial charge in [0.05, 0.1) is 5.56 Å². The fourth-order valence-corrected chi connectivity index (χ4v) is 2.92. The van der Waals surface area contributed by atoms with Gasteiger partial charge in [-0.3, -0.25) is 0 Å². The summed E-state index contributed by atoms with van der Waals surface area (Å²) in [7, 11) is 0. The minimum absolute atomic E-state index is 0.612. The zero-order valence-corrected chi connectivity index (χ0v) is 14.3. The van der Waals surface area contributed by atoms with E-state index in [-0.39, 0.29) is 0 Å². The van der Waals surface area contributed by atoms with Gasteiger partial charge in [0.2, 0.25) is 0 Å². The Morgan fingerprint density at radius 2 is 1.44 bits per heavy atom. The quantitative estimate of drug-likeness (QED) is 0.512. The molecule has 25 heavy (non-hydrogen) atoms. The summed E-state index contributed by atoms with van der Waals surface area (Å²) in [5, 5.41) is 3.21. The van der Waals surface area contributed by atoms with E-state index in [0.29, 0.717) is 5.69 Å². The van der Waals surface area contributed by atoms with E-state index in [1.54, 1.807) is 11.8 Å². The highest BCUT2D eigenvalue weighted by Gasteiger charge is 2.29.